The number of aryl methyl sites for hydroxylation is 2. The highest BCUT2D eigenvalue weighted by atomic mass is 35.5. The number of benzene rings is 1. The predicted molar refractivity (Wildman–Crippen MR) is 81.5 cm³/mol. The number of aromatic nitrogens is 1. The van der Waals surface area contributed by atoms with E-state index in [0.717, 1.165) is 12.1 Å². The first-order chi connectivity index (χ1) is 9.76. The van der Waals surface area contributed by atoms with Gasteiger partial charge in [0.15, 0.2) is 0 Å². The van der Waals surface area contributed by atoms with Gasteiger partial charge in [0, 0.05) is 6.20 Å². The summed E-state index contributed by atoms with van der Waals surface area (Å²) >= 11 is 5.87. The molecule has 0 fully saturated rings. The maximum absolute atomic E-state index is 5.87. The molecular formula is C16H18ClN3. The molecule has 1 aliphatic rings. The minimum absolute atomic E-state index is 0.00622. The predicted octanol–water partition coefficient (Wildman–Crippen LogP) is 2.97. The molecule has 1 atom stereocenters. The van der Waals surface area contributed by atoms with Crippen molar-refractivity contribution in [3.8, 4) is 0 Å². The number of nitrogens with two attached hydrogens (primary N) is 1. The molecule has 104 valence electrons. The van der Waals surface area contributed by atoms with Crippen LogP contribution in [0.15, 0.2) is 36.5 Å². The number of fused-ring (bicyclic) bond motifs is 1. The molecule has 0 aliphatic heterocycles. The quantitative estimate of drug-likeness (QED) is 0.671. The second-order valence-corrected chi connectivity index (χ2v) is 5.72. The fraction of sp³-hybridized carbons (Fsp3) is 0.312. The van der Waals surface area contributed by atoms with Gasteiger partial charge in [-0.15, -0.1) is 0 Å². The lowest BCUT2D eigenvalue weighted by molar-refractivity contribution is 0.538. The van der Waals surface area contributed by atoms with Crippen molar-refractivity contribution < 1.29 is 0 Å². The number of nitrogens with zero attached hydrogens (tertiary/aromatic N) is 1. The van der Waals surface area contributed by atoms with E-state index in [2.05, 4.69) is 28.6 Å². The standard InChI is InChI=1S/C16H18ClN3/c17-14-6-7-15(19-10-14)16(20-18)9-11-4-5-12-2-1-3-13(12)8-11/h4-8,10,16,20H,1-3,9,18H2. The van der Waals surface area contributed by atoms with Crippen LogP contribution in [-0.4, -0.2) is 4.98 Å². The van der Waals surface area contributed by atoms with Gasteiger partial charge in [0.25, 0.3) is 0 Å². The Morgan fingerprint density at radius 1 is 1.20 bits per heavy atom. The molecule has 1 aromatic heterocycles. The number of halogens is 1. The summed E-state index contributed by atoms with van der Waals surface area (Å²) in [5, 5.41) is 0.641. The zero-order valence-corrected chi connectivity index (χ0v) is 12.0. The molecule has 1 aromatic carbocycles. The van der Waals surface area contributed by atoms with Crippen LogP contribution < -0.4 is 11.3 Å². The Kier molecular flexibility index (Phi) is 4.01. The number of pyridine rings is 1. The molecule has 0 saturated heterocycles. The van der Waals surface area contributed by atoms with Crippen LogP contribution in [-0.2, 0) is 19.3 Å². The lowest BCUT2D eigenvalue weighted by Gasteiger charge is -2.16. The van der Waals surface area contributed by atoms with Gasteiger partial charge in [0.05, 0.1) is 16.8 Å². The van der Waals surface area contributed by atoms with E-state index < -0.39 is 0 Å². The number of hydrazine groups is 1. The van der Waals surface area contributed by atoms with Gasteiger partial charge >= 0.3 is 0 Å². The van der Waals surface area contributed by atoms with E-state index in [1.54, 1.807) is 6.20 Å². The Morgan fingerprint density at radius 2 is 2.05 bits per heavy atom. The van der Waals surface area contributed by atoms with E-state index >= 15 is 0 Å². The first-order valence-corrected chi connectivity index (χ1v) is 7.32. The van der Waals surface area contributed by atoms with Crippen molar-refractivity contribution in [1.82, 2.24) is 10.4 Å². The van der Waals surface area contributed by atoms with Gasteiger partial charge in [-0.05, 0) is 54.5 Å². The smallest absolute Gasteiger partial charge is 0.0672 e. The van der Waals surface area contributed by atoms with E-state index in [1.807, 2.05) is 12.1 Å². The summed E-state index contributed by atoms with van der Waals surface area (Å²) < 4.78 is 0. The summed E-state index contributed by atoms with van der Waals surface area (Å²) in [7, 11) is 0. The van der Waals surface area contributed by atoms with E-state index in [4.69, 9.17) is 17.4 Å². The van der Waals surface area contributed by atoms with Crippen LogP contribution in [0.2, 0.25) is 5.02 Å². The van der Waals surface area contributed by atoms with E-state index in [9.17, 15) is 0 Å². The molecule has 0 bridgehead atoms. The van der Waals surface area contributed by atoms with Crippen LogP contribution in [0.3, 0.4) is 0 Å². The highest BCUT2D eigenvalue weighted by molar-refractivity contribution is 6.30. The lowest BCUT2D eigenvalue weighted by Crippen LogP contribution is -2.30. The first kappa shape index (κ1) is 13.6. The summed E-state index contributed by atoms with van der Waals surface area (Å²) in [6, 6.07) is 10.5. The van der Waals surface area contributed by atoms with Crippen molar-refractivity contribution in [2.45, 2.75) is 31.7 Å². The van der Waals surface area contributed by atoms with E-state index in [-0.39, 0.29) is 6.04 Å². The Morgan fingerprint density at radius 3 is 2.80 bits per heavy atom. The lowest BCUT2D eigenvalue weighted by atomic mass is 9.99. The van der Waals surface area contributed by atoms with Crippen molar-refractivity contribution in [2.75, 3.05) is 0 Å². The number of hydrogen-bond donors (Lipinski definition) is 2. The zero-order valence-electron chi connectivity index (χ0n) is 11.3. The largest absolute Gasteiger partial charge is 0.271 e. The monoisotopic (exact) mass is 287 g/mol. The number of nitrogens with one attached hydrogen (secondary N) is 1. The fourth-order valence-corrected chi connectivity index (χ4v) is 2.94. The Balaban J connectivity index is 1.79. The molecule has 3 nitrogen and oxygen atoms in total. The van der Waals surface area contributed by atoms with Crippen LogP contribution in [0.1, 0.15) is 34.8 Å². The first-order valence-electron chi connectivity index (χ1n) is 6.94. The van der Waals surface area contributed by atoms with Gasteiger partial charge in [-0.25, -0.2) is 0 Å². The Labute approximate surface area is 124 Å². The average Bonchev–Trinajstić information content (AvgIpc) is 2.93. The summed E-state index contributed by atoms with van der Waals surface area (Å²) in [5.41, 5.74) is 8.04. The summed E-state index contributed by atoms with van der Waals surface area (Å²) in [6.07, 6.45) is 6.18. The highest BCUT2D eigenvalue weighted by Crippen LogP contribution is 2.25. The Bertz CT molecular complexity index is 595. The molecule has 2 aromatic rings. The third-order valence-electron chi connectivity index (χ3n) is 3.91. The van der Waals surface area contributed by atoms with Crippen LogP contribution in [0, 0.1) is 0 Å². The third-order valence-corrected chi connectivity index (χ3v) is 4.13. The molecular weight excluding hydrogens is 270 g/mol. The molecule has 4 heteroatoms. The molecule has 0 radical (unpaired) electrons. The van der Waals surface area contributed by atoms with Crippen LogP contribution >= 0.6 is 11.6 Å². The van der Waals surface area contributed by atoms with Crippen molar-refractivity contribution in [2.24, 2.45) is 5.84 Å². The van der Waals surface area contributed by atoms with Gasteiger partial charge in [-0.1, -0.05) is 29.8 Å². The van der Waals surface area contributed by atoms with Crippen molar-refractivity contribution >= 4 is 11.6 Å². The second kappa shape index (κ2) is 5.92. The molecule has 20 heavy (non-hydrogen) atoms. The van der Waals surface area contributed by atoms with Gasteiger partial charge < -0.3 is 0 Å². The minimum atomic E-state index is 0.00622. The molecule has 1 heterocycles. The fourth-order valence-electron chi connectivity index (χ4n) is 2.83. The van der Waals surface area contributed by atoms with E-state index in [0.29, 0.717) is 5.02 Å². The topological polar surface area (TPSA) is 50.9 Å². The van der Waals surface area contributed by atoms with Crippen LogP contribution in [0.4, 0.5) is 0 Å². The third kappa shape index (κ3) is 2.85. The molecule has 3 N–H and O–H groups in total. The van der Waals surface area contributed by atoms with Crippen LogP contribution in [0.5, 0.6) is 0 Å². The molecule has 0 amide bonds. The average molecular weight is 288 g/mol. The molecule has 1 aliphatic carbocycles. The maximum Gasteiger partial charge on any atom is 0.0672 e. The normalized spacial score (nSPS) is 15.1. The molecule has 3 rings (SSSR count). The van der Waals surface area contributed by atoms with Gasteiger partial charge in [0.2, 0.25) is 0 Å². The summed E-state index contributed by atoms with van der Waals surface area (Å²) in [4.78, 5) is 4.34. The molecule has 1 unspecified atom stereocenters. The van der Waals surface area contributed by atoms with Gasteiger partial charge in [0.1, 0.15) is 0 Å². The van der Waals surface area contributed by atoms with Crippen molar-refractivity contribution in [3.05, 3.63) is 63.9 Å². The van der Waals surface area contributed by atoms with E-state index in [1.165, 1.54) is 36.0 Å². The maximum atomic E-state index is 5.87. The second-order valence-electron chi connectivity index (χ2n) is 5.28. The van der Waals surface area contributed by atoms with Gasteiger partial charge in [-0.3, -0.25) is 16.3 Å². The summed E-state index contributed by atoms with van der Waals surface area (Å²) in [5.74, 6) is 5.68. The highest BCUT2D eigenvalue weighted by Gasteiger charge is 2.15. The SMILES string of the molecule is NNC(Cc1ccc2c(c1)CCC2)c1ccc(Cl)cn1. The molecule has 0 saturated carbocycles. The van der Waals surface area contributed by atoms with Crippen LogP contribution in [0.25, 0.3) is 0 Å². The zero-order chi connectivity index (χ0) is 13.9. The number of hydrogen-bond acceptors (Lipinski definition) is 3. The Hall–Kier alpha value is -1.42. The number of rotatable bonds is 4. The minimum Gasteiger partial charge on any atom is -0.271 e. The van der Waals surface area contributed by atoms with Crippen molar-refractivity contribution in [1.29, 1.82) is 0 Å². The van der Waals surface area contributed by atoms with Crippen molar-refractivity contribution in [3.63, 3.8) is 0 Å². The molecule has 0 spiro atoms. The summed E-state index contributed by atoms with van der Waals surface area (Å²) in [6.45, 7) is 0. The van der Waals surface area contributed by atoms with Gasteiger partial charge in [-0.2, -0.15) is 0 Å².